The van der Waals surface area contributed by atoms with E-state index in [0.717, 1.165) is 40.9 Å². The average Bonchev–Trinajstić information content (AvgIpc) is 3.42. The van der Waals surface area contributed by atoms with Gasteiger partial charge in [0.25, 0.3) is 5.56 Å². The first-order valence-electron chi connectivity index (χ1n) is 10.9. The van der Waals surface area contributed by atoms with Crippen molar-refractivity contribution in [2.45, 2.75) is 65.0 Å². The van der Waals surface area contributed by atoms with E-state index in [0.29, 0.717) is 17.4 Å². The second-order valence-corrected chi connectivity index (χ2v) is 8.73. The number of aromatic amines is 1. The van der Waals surface area contributed by atoms with E-state index in [1.807, 2.05) is 0 Å². The van der Waals surface area contributed by atoms with Crippen molar-refractivity contribution in [2.75, 3.05) is 5.32 Å². The van der Waals surface area contributed by atoms with Gasteiger partial charge in [-0.05, 0) is 50.3 Å². The quantitative estimate of drug-likeness (QED) is 0.698. The number of H-pyrrole nitrogens is 1. The maximum Gasteiger partial charge on any atom is 0.258 e. The second kappa shape index (κ2) is 7.38. The molecule has 2 unspecified atom stereocenters. The fourth-order valence-corrected chi connectivity index (χ4v) is 4.97. The van der Waals surface area contributed by atoms with Gasteiger partial charge >= 0.3 is 0 Å². The van der Waals surface area contributed by atoms with Crippen LogP contribution in [0.2, 0.25) is 0 Å². The van der Waals surface area contributed by atoms with Gasteiger partial charge in [0.15, 0.2) is 11.5 Å². The first kappa shape index (κ1) is 19.0. The van der Waals surface area contributed by atoms with Gasteiger partial charge in [0, 0.05) is 17.0 Å². The fourth-order valence-electron chi connectivity index (χ4n) is 4.97. The van der Waals surface area contributed by atoms with Crippen LogP contribution in [-0.4, -0.2) is 24.5 Å². The Balaban J connectivity index is 1.67. The molecular weight excluding hydrogens is 376 g/mol. The number of hydrogen-bond donors (Lipinski definition) is 2. The van der Waals surface area contributed by atoms with Gasteiger partial charge in [0.05, 0.1) is 12.4 Å². The van der Waals surface area contributed by atoms with Gasteiger partial charge in [0.1, 0.15) is 11.8 Å². The zero-order valence-corrected chi connectivity index (χ0v) is 17.8. The molecule has 5 rings (SSSR count). The molecule has 3 aromatic rings. The molecule has 2 atom stereocenters. The van der Waals surface area contributed by atoms with Gasteiger partial charge in [-0.3, -0.25) is 4.79 Å². The maximum atomic E-state index is 13.8. The molecule has 2 aliphatic carbocycles. The molecule has 0 aliphatic heterocycles. The summed E-state index contributed by atoms with van der Waals surface area (Å²) in [7, 11) is 0. The number of rotatable bonds is 4. The fraction of sp³-hybridized carbons (Fsp3) is 0.478. The Bertz CT molecular complexity index is 1280. The number of aromatic nitrogens is 5. The van der Waals surface area contributed by atoms with Gasteiger partial charge in [-0.15, -0.1) is 0 Å². The summed E-state index contributed by atoms with van der Waals surface area (Å²) in [4.78, 5) is 29.7. The summed E-state index contributed by atoms with van der Waals surface area (Å²) in [5.74, 6) is 1.12. The molecule has 1 saturated carbocycles. The van der Waals surface area contributed by atoms with Crippen molar-refractivity contribution in [3.05, 3.63) is 45.2 Å². The zero-order valence-electron chi connectivity index (χ0n) is 17.8. The van der Waals surface area contributed by atoms with Crippen molar-refractivity contribution in [1.82, 2.24) is 24.5 Å². The van der Waals surface area contributed by atoms with E-state index < -0.39 is 0 Å². The van der Waals surface area contributed by atoms with Crippen LogP contribution < -0.4 is 21.3 Å². The molecule has 2 aliphatic rings. The number of fused-ring (bicyclic) bond motifs is 2. The largest absolute Gasteiger partial charge is 0.360 e. The lowest BCUT2D eigenvalue weighted by Crippen LogP contribution is -2.50. The highest BCUT2D eigenvalue weighted by Gasteiger charge is 2.25. The first-order valence-corrected chi connectivity index (χ1v) is 10.9. The van der Waals surface area contributed by atoms with E-state index >= 15 is 0 Å². The highest BCUT2D eigenvalue weighted by molar-refractivity contribution is 5.82. The van der Waals surface area contributed by atoms with E-state index in [1.165, 1.54) is 24.7 Å². The minimum atomic E-state index is -0.0851. The number of nitrogens with zero attached hydrogens (tertiary/aromatic N) is 4. The topological polar surface area (TPSA) is 88.5 Å². The van der Waals surface area contributed by atoms with Crippen molar-refractivity contribution in [1.29, 1.82) is 0 Å². The van der Waals surface area contributed by atoms with Gasteiger partial charge < -0.3 is 14.9 Å². The van der Waals surface area contributed by atoms with E-state index in [1.54, 1.807) is 6.33 Å². The summed E-state index contributed by atoms with van der Waals surface area (Å²) < 4.78 is 2.07. The summed E-state index contributed by atoms with van der Waals surface area (Å²) in [6, 6.07) is 2.40. The Morgan fingerprint density at radius 2 is 2.03 bits per heavy atom. The highest BCUT2D eigenvalue weighted by Crippen LogP contribution is 2.31. The van der Waals surface area contributed by atoms with Crippen LogP contribution in [-0.2, 0) is 0 Å². The molecule has 7 nitrogen and oxygen atoms in total. The summed E-state index contributed by atoms with van der Waals surface area (Å²) in [5, 5.41) is 5.49. The smallest absolute Gasteiger partial charge is 0.258 e. The standard InChI is InChI=1S/C23H28N6O/c1-13-8-9-16-10-18(15(3)28-22-20-21(25-11-24-20)26-12-27-22)29(17-6-4-5-7-17)23(30)19(16)14(13)2/h9-13,15,17H,4-8H2,1-3H3,(H2,24,25,26,27,28). The molecule has 0 radical (unpaired) electrons. The van der Waals surface area contributed by atoms with Gasteiger partial charge in [-0.1, -0.05) is 31.4 Å². The molecule has 3 aromatic heterocycles. The average molecular weight is 405 g/mol. The Morgan fingerprint density at radius 3 is 2.83 bits per heavy atom. The van der Waals surface area contributed by atoms with E-state index in [-0.39, 0.29) is 17.6 Å². The van der Waals surface area contributed by atoms with Crippen LogP contribution >= 0.6 is 0 Å². The first-order chi connectivity index (χ1) is 14.5. The molecule has 7 heteroatoms. The third kappa shape index (κ3) is 3.04. The summed E-state index contributed by atoms with van der Waals surface area (Å²) in [6.45, 7) is 6.42. The third-order valence-electron chi connectivity index (χ3n) is 6.84. The van der Waals surface area contributed by atoms with Gasteiger partial charge in [0.2, 0.25) is 0 Å². The maximum absolute atomic E-state index is 13.8. The molecule has 156 valence electrons. The van der Waals surface area contributed by atoms with Crippen LogP contribution in [0.4, 0.5) is 5.82 Å². The lowest BCUT2D eigenvalue weighted by atomic mass is 9.91. The van der Waals surface area contributed by atoms with Crippen molar-refractivity contribution in [3.63, 3.8) is 0 Å². The minimum Gasteiger partial charge on any atom is -0.360 e. The number of imidazole rings is 1. The lowest BCUT2D eigenvalue weighted by molar-refractivity contribution is 0.471. The van der Waals surface area contributed by atoms with Crippen LogP contribution in [0, 0.1) is 5.92 Å². The van der Waals surface area contributed by atoms with Crippen molar-refractivity contribution in [3.8, 4) is 0 Å². The molecule has 30 heavy (non-hydrogen) atoms. The number of hydrogen-bond acceptors (Lipinski definition) is 5. The Morgan fingerprint density at radius 1 is 1.23 bits per heavy atom. The van der Waals surface area contributed by atoms with Crippen LogP contribution in [0.1, 0.15) is 70.7 Å². The normalized spacial score (nSPS) is 20.2. The van der Waals surface area contributed by atoms with E-state index in [9.17, 15) is 4.79 Å². The third-order valence-corrected chi connectivity index (χ3v) is 6.84. The lowest BCUT2D eigenvalue weighted by Gasteiger charge is -2.26. The molecule has 0 spiro atoms. The Hall–Kier alpha value is -2.96. The summed E-state index contributed by atoms with van der Waals surface area (Å²) in [6.07, 6.45) is 10.8. The molecule has 3 heterocycles. The molecule has 0 amide bonds. The number of pyridine rings is 1. The summed E-state index contributed by atoms with van der Waals surface area (Å²) in [5.41, 5.74) is 3.81. The van der Waals surface area contributed by atoms with E-state index in [4.69, 9.17) is 0 Å². The molecule has 2 N–H and O–H groups in total. The van der Waals surface area contributed by atoms with Gasteiger partial charge in [-0.2, -0.15) is 0 Å². The van der Waals surface area contributed by atoms with Crippen molar-refractivity contribution >= 4 is 28.6 Å². The van der Waals surface area contributed by atoms with Crippen molar-refractivity contribution in [2.24, 2.45) is 5.92 Å². The molecule has 1 fully saturated rings. The Labute approximate surface area is 175 Å². The Kier molecular flexibility index (Phi) is 4.68. The number of nitrogens with one attached hydrogen (secondary N) is 2. The molecule has 0 saturated heterocycles. The van der Waals surface area contributed by atoms with Crippen LogP contribution in [0.5, 0.6) is 0 Å². The monoisotopic (exact) mass is 404 g/mol. The number of anilines is 1. The van der Waals surface area contributed by atoms with Crippen molar-refractivity contribution < 1.29 is 0 Å². The summed E-state index contributed by atoms with van der Waals surface area (Å²) >= 11 is 0. The van der Waals surface area contributed by atoms with Crippen LogP contribution in [0.25, 0.3) is 22.8 Å². The predicted molar refractivity (Wildman–Crippen MR) is 119 cm³/mol. The second-order valence-electron chi connectivity index (χ2n) is 8.73. The minimum absolute atomic E-state index is 0.0851. The van der Waals surface area contributed by atoms with E-state index in [2.05, 4.69) is 62.7 Å². The predicted octanol–water partition coefficient (Wildman–Crippen LogP) is 2.79. The molecule has 0 aromatic carbocycles. The SMILES string of the molecule is CC1=c2c(cc(C(C)Nc3ncnc4nc[nH]c34)n(C3CCCC3)c2=O)=CCC1C. The van der Waals surface area contributed by atoms with Crippen LogP contribution in [0.15, 0.2) is 23.5 Å². The zero-order chi connectivity index (χ0) is 20.8. The molecule has 0 bridgehead atoms. The van der Waals surface area contributed by atoms with Gasteiger partial charge in [-0.25, -0.2) is 15.0 Å². The molecular formula is C23H28N6O. The highest BCUT2D eigenvalue weighted by atomic mass is 16.1. The van der Waals surface area contributed by atoms with Crippen LogP contribution in [0.3, 0.4) is 0 Å².